The lowest BCUT2D eigenvalue weighted by Gasteiger charge is -2.21. The van der Waals surface area contributed by atoms with E-state index in [-0.39, 0.29) is 5.41 Å². The van der Waals surface area contributed by atoms with E-state index in [1.807, 2.05) is 13.0 Å². The molecule has 3 nitrogen and oxygen atoms in total. The maximum atomic E-state index is 5.74. The molecule has 1 saturated heterocycles. The van der Waals surface area contributed by atoms with E-state index in [2.05, 4.69) is 26.8 Å². The normalized spacial score (nSPS) is 21.6. The van der Waals surface area contributed by atoms with Gasteiger partial charge in [-0.15, -0.1) is 0 Å². The molecule has 1 aliphatic rings. The van der Waals surface area contributed by atoms with Crippen molar-refractivity contribution < 1.29 is 4.74 Å². The molecule has 0 unspecified atom stereocenters. The van der Waals surface area contributed by atoms with Crippen molar-refractivity contribution in [2.24, 2.45) is 11.3 Å². The molecule has 0 aromatic carbocycles. The molecular formula is C11H20N2O. The standard InChI is InChI=1S/C11H20N2O/c1-5-9(11(2,3)4)8-10-13(12)6-7-14-10/h5,8H,6-7,12H2,1-4H3/b9-5+,10-8+. The molecule has 1 heterocycles. The Morgan fingerprint density at radius 1 is 1.50 bits per heavy atom. The predicted octanol–water partition coefficient (Wildman–Crippen LogP) is 2.03. The van der Waals surface area contributed by atoms with E-state index in [4.69, 9.17) is 10.6 Å². The molecular weight excluding hydrogens is 176 g/mol. The van der Waals surface area contributed by atoms with Gasteiger partial charge in [-0.25, -0.2) is 5.84 Å². The van der Waals surface area contributed by atoms with Crippen molar-refractivity contribution in [1.29, 1.82) is 0 Å². The molecule has 0 saturated carbocycles. The summed E-state index contributed by atoms with van der Waals surface area (Å²) in [5.74, 6) is 6.51. The molecule has 0 spiro atoms. The highest BCUT2D eigenvalue weighted by atomic mass is 16.5. The first-order chi connectivity index (χ1) is 6.45. The summed E-state index contributed by atoms with van der Waals surface area (Å²) in [5, 5.41) is 1.65. The van der Waals surface area contributed by atoms with Crippen LogP contribution in [0.2, 0.25) is 0 Å². The molecule has 1 rings (SSSR count). The van der Waals surface area contributed by atoms with Gasteiger partial charge in [-0.1, -0.05) is 26.8 Å². The van der Waals surface area contributed by atoms with E-state index >= 15 is 0 Å². The molecule has 0 amide bonds. The van der Waals surface area contributed by atoms with Crippen LogP contribution in [0.1, 0.15) is 27.7 Å². The number of nitrogens with two attached hydrogens (primary N) is 1. The van der Waals surface area contributed by atoms with Gasteiger partial charge in [0.2, 0.25) is 5.88 Å². The zero-order valence-electron chi connectivity index (χ0n) is 9.50. The molecule has 14 heavy (non-hydrogen) atoms. The smallest absolute Gasteiger partial charge is 0.204 e. The predicted molar refractivity (Wildman–Crippen MR) is 58.1 cm³/mol. The number of hydrogen-bond donors (Lipinski definition) is 1. The second-order valence-corrected chi connectivity index (χ2v) is 4.52. The first-order valence-electron chi connectivity index (χ1n) is 4.98. The van der Waals surface area contributed by atoms with E-state index in [1.54, 1.807) is 5.01 Å². The maximum absolute atomic E-state index is 5.74. The molecule has 1 aliphatic heterocycles. The Labute approximate surface area is 86.2 Å². The molecule has 0 aliphatic carbocycles. The van der Waals surface area contributed by atoms with Crippen LogP contribution in [-0.4, -0.2) is 18.2 Å². The molecule has 0 atom stereocenters. The quantitative estimate of drug-likeness (QED) is 0.652. The fraction of sp³-hybridized carbons (Fsp3) is 0.636. The second kappa shape index (κ2) is 4.05. The fourth-order valence-corrected chi connectivity index (χ4v) is 1.43. The summed E-state index contributed by atoms with van der Waals surface area (Å²) >= 11 is 0. The Kier molecular flexibility index (Phi) is 3.21. The molecule has 0 aromatic rings. The van der Waals surface area contributed by atoms with Crippen LogP contribution in [0.4, 0.5) is 0 Å². The Bertz CT molecular complexity index is 261. The first kappa shape index (κ1) is 11.1. The van der Waals surface area contributed by atoms with Crippen LogP contribution >= 0.6 is 0 Å². The Balaban J connectivity index is 2.84. The van der Waals surface area contributed by atoms with Crippen LogP contribution in [0, 0.1) is 5.41 Å². The monoisotopic (exact) mass is 196 g/mol. The lowest BCUT2D eigenvalue weighted by Crippen LogP contribution is -2.26. The summed E-state index contributed by atoms with van der Waals surface area (Å²) in [5.41, 5.74) is 1.37. The molecule has 0 radical (unpaired) electrons. The highest BCUT2D eigenvalue weighted by Crippen LogP contribution is 2.28. The SMILES string of the molecule is C/C=C(\C=C1\OCCN1N)C(C)(C)C. The number of allylic oxidation sites excluding steroid dienone is 3. The molecule has 80 valence electrons. The van der Waals surface area contributed by atoms with Gasteiger partial charge in [0.15, 0.2) is 0 Å². The third-order valence-electron chi connectivity index (χ3n) is 2.32. The van der Waals surface area contributed by atoms with Crippen molar-refractivity contribution >= 4 is 0 Å². The van der Waals surface area contributed by atoms with Crippen LogP contribution in [0.5, 0.6) is 0 Å². The van der Waals surface area contributed by atoms with Crippen LogP contribution in [-0.2, 0) is 4.74 Å². The molecule has 2 N–H and O–H groups in total. The molecule has 1 fully saturated rings. The zero-order chi connectivity index (χ0) is 10.8. The van der Waals surface area contributed by atoms with Gasteiger partial charge in [-0.3, -0.25) is 5.01 Å². The number of nitrogens with zero attached hydrogens (tertiary/aromatic N) is 1. The summed E-state index contributed by atoms with van der Waals surface area (Å²) in [4.78, 5) is 0. The van der Waals surface area contributed by atoms with Crippen molar-refractivity contribution in [1.82, 2.24) is 5.01 Å². The van der Waals surface area contributed by atoms with Gasteiger partial charge in [0, 0.05) is 6.08 Å². The van der Waals surface area contributed by atoms with Crippen LogP contribution < -0.4 is 5.84 Å². The number of rotatable bonds is 1. The van der Waals surface area contributed by atoms with E-state index in [0.29, 0.717) is 6.61 Å². The molecule has 0 bridgehead atoms. The van der Waals surface area contributed by atoms with Crippen LogP contribution in [0.15, 0.2) is 23.6 Å². The van der Waals surface area contributed by atoms with Crippen molar-refractivity contribution in [2.45, 2.75) is 27.7 Å². The highest BCUT2D eigenvalue weighted by Gasteiger charge is 2.19. The van der Waals surface area contributed by atoms with Crippen molar-refractivity contribution in [3.05, 3.63) is 23.6 Å². The maximum Gasteiger partial charge on any atom is 0.204 e. The van der Waals surface area contributed by atoms with Crippen molar-refractivity contribution in [3.8, 4) is 0 Å². The lowest BCUT2D eigenvalue weighted by atomic mass is 9.86. The Morgan fingerprint density at radius 2 is 2.14 bits per heavy atom. The summed E-state index contributed by atoms with van der Waals surface area (Å²) < 4.78 is 5.41. The second-order valence-electron chi connectivity index (χ2n) is 4.52. The van der Waals surface area contributed by atoms with Crippen LogP contribution in [0.25, 0.3) is 0 Å². The fourth-order valence-electron chi connectivity index (χ4n) is 1.43. The first-order valence-corrected chi connectivity index (χ1v) is 4.98. The van der Waals surface area contributed by atoms with Gasteiger partial charge in [0.1, 0.15) is 6.61 Å². The summed E-state index contributed by atoms with van der Waals surface area (Å²) in [7, 11) is 0. The molecule has 3 heteroatoms. The van der Waals surface area contributed by atoms with Crippen molar-refractivity contribution in [2.75, 3.05) is 13.2 Å². The Hall–Kier alpha value is -0.960. The number of ether oxygens (including phenoxy) is 1. The minimum absolute atomic E-state index is 0.133. The van der Waals surface area contributed by atoms with E-state index in [0.717, 1.165) is 12.4 Å². The van der Waals surface area contributed by atoms with Gasteiger partial charge < -0.3 is 4.74 Å². The largest absolute Gasteiger partial charge is 0.476 e. The average Bonchev–Trinajstić information content (AvgIpc) is 2.45. The highest BCUT2D eigenvalue weighted by molar-refractivity contribution is 5.26. The van der Waals surface area contributed by atoms with Gasteiger partial charge in [0.05, 0.1) is 6.54 Å². The summed E-state index contributed by atoms with van der Waals surface area (Å²) in [6.45, 7) is 10.0. The topological polar surface area (TPSA) is 38.5 Å². The van der Waals surface area contributed by atoms with Gasteiger partial charge in [-0.2, -0.15) is 0 Å². The summed E-state index contributed by atoms with van der Waals surface area (Å²) in [6, 6.07) is 0. The molecule has 0 aromatic heterocycles. The zero-order valence-corrected chi connectivity index (χ0v) is 9.50. The third-order valence-corrected chi connectivity index (χ3v) is 2.32. The van der Waals surface area contributed by atoms with E-state index in [1.165, 1.54) is 5.57 Å². The minimum atomic E-state index is 0.133. The third kappa shape index (κ3) is 2.51. The number of hydrazine groups is 1. The van der Waals surface area contributed by atoms with E-state index < -0.39 is 0 Å². The van der Waals surface area contributed by atoms with Crippen LogP contribution in [0.3, 0.4) is 0 Å². The number of hydrogen-bond acceptors (Lipinski definition) is 3. The van der Waals surface area contributed by atoms with E-state index in [9.17, 15) is 0 Å². The lowest BCUT2D eigenvalue weighted by molar-refractivity contribution is 0.234. The van der Waals surface area contributed by atoms with Gasteiger partial charge in [-0.05, 0) is 17.9 Å². The Morgan fingerprint density at radius 3 is 2.50 bits per heavy atom. The van der Waals surface area contributed by atoms with Gasteiger partial charge >= 0.3 is 0 Å². The average molecular weight is 196 g/mol. The summed E-state index contributed by atoms with van der Waals surface area (Å²) in [6.07, 6.45) is 4.12. The minimum Gasteiger partial charge on any atom is -0.476 e. The van der Waals surface area contributed by atoms with Gasteiger partial charge in [0.25, 0.3) is 0 Å². The van der Waals surface area contributed by atoms with Crippen molar-refractivity contribution in [3.63, 3.8) is 0 Å².